The number of phenols is 1. The number of hydrogen-bond acceptors (Lipinski definition) is 9. The number of aliphatic hydroxyl groups excluding tert-OH is 1. The fourth-order valence-corrected chi connectivity index (χ4v) is 5.16. The molecule has 0 aromatic heterocycles. The number of carbonyl (C=O) groups is 2. The number of esters is 1. The number of ether oxygens (including phenoxy) is 4. The molecule has 4 atom stereocenters. The lowest BCUT2D eigenvalue weighted by molar-refractivity contribution is -0.154. The summed E-state index contributed by atoms with van der Waals surface area (Å²) < 4.78 is 23.1. The van der Waals surface area contributed by atoms with Crippen molar-refractivity contribution in [3.05, 3.63) is 83.7 Å². The van der Waals surface area contributed by atoms with Crippen LogP contribution in [-0.2, 0) is 29.4 Å². The van der Waals surface area contributed by atoms with Gasteiger partial charge in [-0.05, 0) is 58.4 Å². The predicted molar refractivity (Wildman–Crippen MR) is 163 cm³/mol. The van der Waals surface area contributed by atoms with Crippen LogP contribution in [0.2, 0.25) is 0 Å². The highest BCUT2D eigenvalue weighted by Gasteiger charge is 2.58. The average molecular weight is 597 g/mol. The van der Waals surface area contributed by atoms with Gasteiger partial charge in [0, 0.05) is 43.8 Å². The molecule has 4 rings (SSSR count). The summed E-state index contributed by atoms with van der Waals surface area (Å²) in [6, 6.07) is 4.72. The first-order valence-electron chi connectivity index (χ1n) is 14.4. The van der Waals surface area contributed by atoms with E-state index < -0.39 is 17.7 Å². The van der Waals surface area contributed by atoms with E-state index in [1.54, 1.807) is 42.5 Å². The summed E-state index contributed by atoms with van der Waals surface area (Å²) in [6.45, 7) is 15.4. The van der Waals surface area contributed by atoms with Gasteiger partial charge in [-0.25, -0.2) is 4.79 Å². The van der Waals surface area contributed by atoms with E-state index in [2.05, 4.69) is 11.9 Å². The highest BCUT2D eigenvalue weighted by molar-refractivity contribution is 5.97. The molecule has 2 heterocycles. The van der Waals surface area contributed by atoms with E-state index in [1.807, 2.05) is 27.7 Å². The molecule has 1 aliphatic carbocycles. The zero-order valence-electron chi connectivity index (χ0n) is 25.6. The second-order valence-electron chi connectivity index (χ2n) is 11.2. The minimum Gasteiger partial charge on any atom is -0.508 e. The Labute approximate surface area is 253 Å². The molecule has 234 valence electrons. The first-order valence-corrected chi connectivity index (χ1v) is 14.4. The minimum absolute atomic E-state index is 0.0356. The number of aromatic hydroxyl groups is 1. The molecule has 1 aromatic carbocycles. The third-order valence-electron chi connectivity index (χ3n) is 7.37. The fraction of sp³-hybridized carbons (Fsp3) is 0.455. The van der Waals surface area contributed by atoms with Gasteiger partial charge in [0.15, 0.2) is 5.60 Å². The van der Waals surface area contributed by atoms with Crippen LogP contribution in [0.5, 0.6) is 11.5 Å². The Hall–Kier alpha value is -3.86. The first-order chi connectivity index (χ1) is 20.4. The maximum atomic E-state index is 12.7. The second kappa shape index (κ2) is 14.5. The van der Waals surface area contributed by atoms with E-state index in [-0.39, 0.29) is 35.0 Å². The smallest absolute Gasteiger partial charge is 0.339 e. The topological polar surface area (TPSA) is 150 Å². The molecule has 0 fully saturated rings. The number of carbonyl (C=O) groups excluding carboxylic acids is 2. The first kappa shape index (κ1) is 33.6. The lowest BCUT2D eigenvalue weighted by Crippen LogP contribution is -2.48. The highest BCUT2D eigenvalue weighted by atomic mass is 16.6. The van der Waals surface area contributed by atoms with Crippen LogP contribution in [0.3, 0.4) is 0 Å². The van der Waals surface area contributed by atoms with Crippen LogP contribution in [0, 0.1) is 5.92 Å². The van der Waals surface area contributed by atoms with Crippen LogP contribution >= 0.6 is 0 Å². The molecule has 0 radical (unpaired) electrons. The van der Waals surface area contributed by atoms with Crippen molar-refractivity contribution in [2.75, 3.05) is 26.3 Å². The molecule has 3 aliphatic rings. The van der Waals surface area contributed by atoms with Crippen molar-refractivity contribution in [2.24, 2.45) is 11.7 Å². The number of benzene rings is 1. The van der Waals surface area contributed by atoms with Crippen LogP contribution in [0.1, 0.15) is 46.6 Å². The Bertz CT molecular complexity index is 1310. The van der Waals surface area contributed by atoms with Gasteiger partial charge in [-0.1, -0.05) is 30.9 Å². The van der Waals surface area contributed by atoms with E-state index in [0.717, 1.165) is 6.42 Å². The third-order valence-corrected chi connectivity index (χ3v) is 7.37. The van der Waals surface area contributed by atoms with E-state index in [9.17, 15) is 19.8 Å². The number of nitrogens with two attached hydrogens (primary N) is 1. The summed E-state index contributed by atoms with van der Waals surface area (Å²) in [5.74, 6) is -0.336. The van der Waals surface area contributed by atoms with Crippen molar-refractivity contribution in [3.8, 4) is 11.5 Å². The molecular formula is C33H44N2O8. The number of rotatable bonds is 11. The van der Waals surface area contributed by atoms with Gasteiger partial charge in [0.1, 0.15) is 23.4 Å². The van der Waals surface area contributed by atoms with Crippen LogP contribution in [0.4, 0.5) is 0 Å². The monoisotopic (exact) mass is 596 g/mol. The lowest BCUT2D eigenvalue weighted by Gasteiger charge is -2.45. The number of fused-ring (bicyclic) bond motifs is 4. The quantitative estimate of drug-likeness (QED) is 0.217. The van der Waals surface area contributed by atoms with E-state index >= 15 is 0 Å². The summed E-state index contributed by atoms with van der Waals surface area (Å²) in [4.78, 5) is 23.3. The maximum absolute atomic E-state index is 12.7. The normalized spacial score (nSPS) is 23.0. The van der Waals surface area contributed by atoms with Crippen LogP contribution in [-0.4, -0.2) is 66.2 Å². The average Bonchev–Trinajstić information content (AvgIpc) is 3.22. The molecule has 0 saturated heterocycles. The molecule has 5 N–H and O–H groups in total. The SMILES string of the molecule is C=CC1=C(/C=C\C)C(=O)OC12c1ccc(O)cc1OC1C=C(O)C=CC12.CC(=O)NCCOC(C)(C)CCOC(C)CN. The van der Waals surface area contributed by atoms with Crippen molar-refractivity contribution in [1.29, 1.82) is 0 Å². The van der Waals surface area contributed by atoms with Gasteiger partial charge in [0.2, 0.25) is 5.91 Å². The Morgan fingerprint density at radius 1 is 1.30 bits per heavy atom. The van der Waals surface area contributed by atoms with Crippen molar-refractivity contribution in [1.82, 2.24) is 5.32 Å². The number of nitrogens with one attached hydrogen (secondary N) is 1. The third kappa shape index (κ3) is 7.95. The molecule has 1 aromatic rings. The van der Waals surface area contributed by atoms with Crippen LogP contribution < -0.4 is 15.8 Å². The number of hydrogen-bond donors (Lipinski definition) is 4. The van der Waals surface area contributed by atoms with Crippen molar-refractivity contribution < 1.29 is 38.7 Å². The fourth-order valence-electron chi connectivity index (χ4n) is 5.16. The molecule has 10 nitrogen and oxygen atoms in total. The van der Waals surface area contributed by atoms with Crippen molar-refractivity contribution in [2.45, 2.75) is 64.4 Å². The summed E-state index contributed by atoms with van der Waals surface area (Å²) in [7, 11) is 0. The lowest BCUT2D eigenvalue weighted by atomic mass is 9.69. The zero-order chi connectivity index (χ0) is 31.8. The van der Waals surface area contributed by atoms with E-state index in [4.69, 9.17) is 24.7 Å². The van der Waals surface area contributed by atoms with Gasteiger partial charge < -0.3 is 40.2 Å². The summed E-state index contributed by atoms with van der Waals surface area (Å²) in [6.07, 6.45) is 10.4. The van der Waals surface area contributed by atoms with Gasteiger partial charge >= 0.3 is 5.97 Å². The summed E-state index contributed by atoms with van der Waals surface area (Å²) >= 11 is 0. The molecular weight excluding hydrogens is 552 g/mol. The number of phenolic OH excluding ortho intramolecular Hbond substituents is 1. The van der Waals surface area contributed by atoms with E-state index in [0.29, 0.717) is 48.8 Å². The molecule has 0 saturated carbocycles. The molecule has 2 aliphatic heterocycles. The van der Waals surface area contributed by atoms with Crippen molar-refractivity contribution in [3.63, 3.8) is 0 Å². The number of allylic oxidation sites excluding steroid dienone is 2. The predicted octanol–water partition coefficient (Wildman–Crippen LogP) is 4.26. The Kier molecular flexibility index (Phi) is 11.4. The molecule has 10 heteroatoms. The van der Waals surface area contributed by atoms with Crippen molar-refractivity contribution >= 4 is 11.9 Å². The molecule has 4 unspecified atom stereocenters. The van der Waals surface area contributed by atoms with E-state index in [1.165, 1.54) is 19.1 Å². The molecule has 0 bridgehead atoms. The number of amides is 1. The van der Waals surface area contributed by atoms with Gasteiger partial charge in [-0.2, -0.15) is 0 Å². The maximum Gasteiger partial charge on any atom is 0.339 e. The van der Waals surface area contributed by atoms with Crippen LogP contribution in [0.25, 0.3) is 0 Å². The second-order valence-corrected chi connectivity index (χ2v) is 11.2. The Balaban J connectivity index is 0.000000261. The molecule has 1 spiro atoms. The summed E-state index contributed by atoms with van der Waals surface area (Å²) in [5, 5.41) is 22.4. The minimum atomic E-state index is -1.13. The largest absolute Gasteiger partial charge is 0.508 e. The highest BCUT2D eigenvalue weighted by Crippen LogP contribution is 2.56. The van der Waals surface area contributed by atoms with Crippen LogP contribution in [0.15, 0.2) is 78.1 Å². The Morgan fingerprint density at radius 2 is 2.05 bits per heavy atom. The summed E-state index contributed by atoms with van der Waals surface area (Å²) in [5.41, 5.74) is 5.80. The van der Waals surface area contributed by atoms with Gasteiger partial charge in [-0.3, -0.25) is 4.79 Å². The molecule has 1 amide bonds. The Morgan fingerprint density at radius 3 is 2.70 bits per heavy atom. The number of aliphatic hydroxyl groups is 1. The van der Waals surface area contributed by atoms with Gasteiger partial charge in [-0.15, -0.1) is 0 Å². The van der Waals surface area contributed by atoms with Gasteiger partial charge in [0.05, 0.1) is 29.8 Å². The van der Waals surface area contributed by atoms with Gasteiger partial charge in [0.25, 0.3) is 0 Å². The zero-order valence-corrected chi connectivity index (χ0v) is 25.6. The molecule has 43 heavy (non-hydrogen) atoms. The standard InChI is InChI=1S/C21H18O5.C12H26N2O3/c1-3-5-14-15(4-2)21(26-20(14)24)16-8-6-12(22)10-18(16)25-19-11-13(23)7-9-17(19)21;1-10(9-13)16-7-5-12(3,4)17-8-6-14-11(2)15/h3-11,16,18,22-23H,2H2,1H3;10H,5-9,13H2,1-4H3,(H,14,15)/b5-3-;.